The van der Waals surface area contributed by atoms with Gasteiger partial charge in [-0.1, -0.05) is 30.3 Å². The maximum absolute atomic E-state index is 13.5. The van der Waals surface area contributed by atoms with Gasteiger partial charge < -0.3 is 10.6 Å². The molecule has 144 valence electrons. The molecular weight excluding hydrogens is 389 g/mol. The van der Waals surface area contributed by atoms with Crippen LogP contribution < -0.4 is 10.6 Å². The molecule has 0 fully saturated rings. The second kappa shape index (κ2) is 8.79. The van der Waals surface area contributed by atoms with Crippen LogP contribution in [0.3, 0.4) is 0 Å². The van der Waals surface area contributed by atoms with Gasteiger partial charge in [-0.25, -0.2) is 13.2 Å². The molecule has 8 heteroatoms. The van der Waals surface area contributed by atoms with Gasteiger partial charge in [0.1, 0.15) is 0 Å². The molecule has 0 aromatic heterocycles. The first-order valence-electron chi connectivity index (χ1n) is 8.25. The molecule has 0 aliphatic carbocycles. The number of hydrogen-bond acceptors (Lipinski definition) is 3. The Labute approximate surface area is 163 Å². The molecule has 0 saturated heterocycles. The number of thioether (sulfide) groups is 1. The Morgan fingerprint density at radius 1 is 0.857 bits per heavy atom. The third-order valence-corrected chi connectivity index (χ3v) is 4.84. The molecule has 3 rings (SSSR count). The van der Waals surface area contributed by atoms with Crippen molar-refractivity contribution in [2.45, 2.75) is 4.90 Å². The van der Waals surface area contributed by atoms with Gasteiger partial charge in [-0.05, 0) is 35.0 Å². The minimum atomic E-state index is -1.67. The lowest BCUT2D eigenvalue weighted by Crippen LogP contribution is -2.34. The maximum atomic E-state index is 13.5. The van der Waals surface area contributed by atoms with Crippen molar-refractivity contribution in [3.8, 4) is 0 Å². The number of halogens is 3. The molecule has 28 heavy (non-hydrogen) atoms. The highest BCUT2D eigenvalue weighted by Crippen LogP contribution is 2.23. The van der Waals surface area contributed by atoms with Crippen LogP contribution in [-0.4, -0.2) is 24.1 Å². The predicted molar refractivity (Wildman–Crippen MR) is 103 cm³/mol. The van der Waals surface area contributed by atoms with Crippen LogP contribution in [-0.2, 0) is 9.59 Å². The molecular formula is C20H15F3N2O2S. The van der Waals surface area contributed by atoms with Crippen molar-refractivity contribution >= 4 is 40.0 Å². The number of amides is 2. The van der Waals surface area contributed by atoms with E-state index in [0.29, 0.717) is 6.07 Å². The van der Waals surface area contributed by atoms with Gasteiger partial charge in [0.2, 0.25) is 11.8 Å². The maximum Gasteiger partial charge on any atom is 0.243 e. The summed E-state index contributed by atoms with van der Waals surface area (Å²) in [5.41, 5.74) is -0.497. The molecule has 2 N–H and O–H groups in total. The van der Waals surface area contributed by atoms with Gasteiger partial charge in [-0.15, -0.1) is 11.8 Å². The van der Waals surface area contributed by atoms with E-state index in [1.807, 2.05) is 42.5 Å². The third-order valence-electron chi connectivity index (χ3n) is 3.85. The molecule has 0 saturated carbocycles. The van der Waals surface area contributed by atoms with E-state index in [4.69, 9.17) is 0 Å². The second-order valence-electron chi connectivity index (χ2n) is 5.85. The van der Waals surface area contributed by atoms with Gasteiger partial charge in [-0.3, -0.25) is 9.59 Å². The van der Waals surface area contributed by atoms with Gasteiger partial charge in [0, 0.05) is 4.90 Å². The molecule has 4 nitrogen and oxygen atoms in total. The van der Waals surface area contributed by atoms with Gasteiger partial charge in [0.05, 0.1) is 18.0 Å². The third kappa shape index (κ3) is 4.83. The van der Waals surface area contributed by atoms with Crippen molar-refractivity contribution < 1.29 is 22.8 Å². The molecule has 0 bridgehead atoms. The molecule has 3 aromatic carbocycles. The van der Waals surface area contributed by atoms with E-state index >= 15 is 0 Å². The van der Waals surface area contributed by atoms with Gasteiger partial charge in [-0.2, -0.15) is 0 Å². The monoisotopic (exact) mass is 404 g/mol. The minimum Gasteiger partial charge on any atom is -0.346 e. The van der Waals surface area contributed by atoms with Crippen LogP contribution in [0.15, 0.2) is 59.5 Å². The highest BCUT2D eigenvalue weighted by molar-refractivity contribution is 8.00. The number of carbonyl (C=O) groups excluding carboxylic acids is 2. The Balaban J connectivity index is 1.48. The van der Waals surface area contributed by atoms with E-state index in [-0.39, 0.29) is 11.7 Å². The summed E-state index contributed by atoms with van der Waals surface area (Å²) in [5.74, 6) is -5.58. The van der Waals surface area contributed by atoms with Crippen LogP contribution in [0.1, 0.15) is 0 Å². The highest BCUT2D eigenvalue weighted by atomic mass is 32.2. The Morgan fingerprint density at radius 2 is 1.61 bits per heavy atom. The van der Waals surface area contributed by atoms with Crippen molar-refractivity contribution in [1.29, 1.82) is 0 Å². The van der Waals surface area contributed by atoms with Crippen LogP contribution in [0.5, 0.6) is 0 Å². The fourth-order valence-corrected chi connectivity index (χ4v) is 3.23. The Kier molecular flexibility index (Phi) is 6.20. The standard InChI is InChI=1S/C20H15F3N2O2S/c21-15-7-8-16(20(23)19(15)22)25-17(26)10-24-18(27)11-28-14-6-5-12-3-1-2-4-13(12)9-14/h1-9H,10-11H2,(H,24,27)(H,25,26). The predicted octanol–water partition coefficient (Wildman–Crippen LogP) is 4.10. The van der Waals surface area contributed by atoms with E-state index < -0.39 is 35.6 Å². The van der Waals surface area contributed by atoms with Crippen LogP contribution in [0.25, 0.3) is 10.8 Å². The summed E-state index contributed by atoms with van der Waals surface area (Å²) in [6.45, 7) is -0.421. The molecule has 0 radical (unpaired) electrons. The number of rotatable bonds is 6. The van der Waals surface area contributed by atoms with Crippen molar-refractivity contribution in [3.63, 3.8) is 0 Å². The first kappa shape index (κ1) is 19.8. The number of nitrogens with one attached hydrogen (secondary N) is 2. The SMILES string of the molecule is O=C(CSc1ccc2ccccc2c1)NCC(=O)Nc1ccc(F)c(F)c1F. The van der Waals surface area contributed by atoms with E-state index in [1.165, 1.54) is 11.8 Å². The van der Waals surface area contributed by atoms with Crippen molar-refractivity contribution in [2.24, 2.45) is 0 Å². The zero-order valence-corrected chi connectivity index (χ0v) is 15.3. The van der Waals surface area contributed by atoms with E-state index in [0.717, 1.165) is 21.7 Å². The number of fused-ring (bicyclic) bond motifs is 1. The van der Waals surface area contributed by atoms with Gasteiger partial charge in [0.25, 0.3) is 0 Å². The fraction of sp³-hybridized carbons (Fsp3) is 0.100. The molecule has 2 amide bonds. The summed E-state index contributed by atoms with van der Waals surface area (Å²) < 4.78 is 39.5. The van der Waals surface area contributed by atoms with Crippen molar-refractivity contribution in [2.75, 3.05) is 17.6 Å². The number of carbonyl (C=O) groups is 2. The first-order chi connectivity index (χ1) is 13.4. The van der Waals surface area contributed by atoms with Crippen molar-refractivity contribution in [3.05, 3.63) is 72.0 Å². The second-order valence-corrected chi connectivity index (χ2v) is 6.89. The Morgan fingerprint density at radius 3 is 2.39 bits per heavy atom. The lowest BCUT2D eigenvalue weighted by atomic mass is 10.1. The summed E-state index contributed by atoms with van der Waals surface area (Å²) in [6, 6.07) is 15.3. The normalized spacial score (nSPS) is 10.7. The average Bonchev–Trinajstić information content (AvgIpc) is 2.71. The van der Waals surface area contributed by atoms with Crippen molar-refractivity contribution in [1.82, 2.24) is 5.32 Å². The fourth-order valence-electron chi connectivity index (χ4n) is 2.45. The van der Waals surface area contributed by atoms with Crippen LogP contribution >= 0.6 is 11.8 Å². The van der Waals surface area contributed by atoms with Gasteiger partial charge >= 0.3 is 0 Å². The van der Waals surface area contributed by atoms with E-state index in [1.54, 1.807) is 0 Å². The molecule has 0 unspecified atom stereocenters. The summed E-state index contributed by atoms with van der Waals surface area (Å²) in [6.07, 6.45) is 0. The number of hydrogen-bond donors (Lipinski definition) is 2. The minimum absolute atomic E-state index is 0.0885. The van der Waals surface area contributed by atoms with E-state index in [2.05, 4.69) is 10.6 Å². The summed E-state index contributed by atoms with van der Waals surface area (Å²) in [7, 11) is 0. The molecule has 0 heterocycles. The zero-order chi connectivity index (χ0) is 20.1. The Bertz CT molecular complexity index is 1040. The molecule has 0 spiro atoms. The van der Waals surface area contributed by atoms with Crippen LogP contribution in [0.4, 0.5) is 18.9 Å². The van der Waals surface area contributed by atoms with Crippen LogP contribution in [0, 0.1) is 17.5 Å². The summed E-state index contributed by atoms with van der Waals surface area (Å²) in [5, 5.41) is 6.63. The summed E-state index contributed by atoms with van der Waals surface area (Å²) >= 11 is 1.31. The highest BCUT2D eigenvalue weighted by Gasteiger charge is 2.15. The lowest BCUT2D eigenvalue weighted by Gasteiger charge is -2.09. The zero-order valence-electron chi connectivity index (χ0n) is 14.5. The van der Waals surface area contributed by atoms with E-state index in [9.17, 15) is 22.8 Å². The molecule has 0 atom stereocenters. The summed E-state index contributed by atoms with van der Waals surface area (Å²) in [4.78, 5) is 24.6. The molecule has 3 aromatic rings. The smallest absolute Gasteiger partial charge is 0.243 e. The number of benzene rings is 3. The van der Waals surface area contributed by atoms with Gasteiger partial charge in [0.15, 0.2) is 17.5 Å². The molecule has 0 aliphatic heterocycles. The van der Waals surface area contributed by atoms with Crippen LogP contribution in [0.2, 0.25) is 0 Å². The topological polar surface area (TPSA) is 58.2 Å². The quantitative estimate of drug-likeness (QED) is 0.480. The largest absolute Gasteiger partial charge is 0.346 e. The molecule has 0 aliphatic rings. The first-order valence-corrected chi connectivity index (χ1v) is 9.24. The average molecular weight is 404 g/mol. The Hall–Kier alpha value is -3.00. The lowest BCUT2D eigenvalue weighted by molar-refractivity contribution is -0.122. The number of anilines is 1.